The molecular weight excluding hydrogens is 216 g/mol. The topological polar surface area (TPSA) is 38.7 Å². The summed E-state index contributed by atoms with van der Waals surface area (Å²) in [4.78, 5) is 0. The quantitative estimate of drug-likeness (QED) is 0.774. The Morgan fingerprint density at radius 1 is 1.18 bits per heavy atom. The molecule has 3 nitrogen and oxygen atoms in total. The fourth-order valence-corrected chi connectivity index (χ4v) is 1.56. The third-order valence-electron chi connectivity index (χ3n) is 2.41. The third-order valence-corrected chi connectivity index (χ3v) is 2.41. The maximum atomic E-state index is 9.66. The van der Waals surface area contributed by atoms with E-state index in [4.69, 9.17) is 9.47 Å². The van der Waals surface area contributed by atoms with Gasteiger partial charge in [0.25, 0.3) is 0 Å². The Kier molecular flexibility index (Phi) is 5.45. The average Bonchev–Trinajstić information content (AvgIpc) is 2.25. The summed E-state index contributed by atoms with van der Waals surface area (Å²) < 4.78 is 11.0. The number of hydrogen-bond acceptors (Lipinski definition) is 3. The second-order valence-corrected chi connectivity index (χ2v) is 4.49. The van der Waals surface area contributed by atoms with Gasteiger partial charge in [-0.15, -0.1) is 0 Å². The van der Waals surface area contributed by atoms with E-state index in [-0.39, 0.29) is 6.10 Å². The number of ether oxygens (including phenoxy) is 2. The first-order valence-corrected chi connectivity index (χ1v) is 6.03. The SMILES string of the molecule is Cc1ccc(OCCOC(C)C)c([C@@H](C)O)c1. The van der Waals surface area contributed by atoms with Gasteiger partial charge in [0.15, 0.2) is 0 Å². The van der Waals surface area contributed by atoms with Gasteiger partial charge in [-0.25, -0.2) is 0 Å². The number of hydrogen-bond donors (Lipinski definition) is 1. The first-order valence-electron chi connectivity index (χ1n) is 6.03. The Bertz CT molecular complexity index is 345. The fraction of sp³-hybridized carbons (Fsp3) is 0.571. The van der Waals surface area contributed by atoms with Crippen LogP contribution in [-0.2, 0) is 4.74 Å². The molecule has 0 spiro atoms. The van der Waals surface area contributed by atoms with Gasteiger partial charge < -0.3 is 14.6 Å². The number of benzene rings is 1. The molecule has 0 unspecified atom stereocenters. The van der Waals surface area contributed by atoms with Crippen molar-refractivity contribution in [3.63, 3.8) is 0 Å². The van der Waals surface area contributed by atoms with E-state index >= 15 is 0 Å². The highest BCUT2D eigenvalue weighted by Crippen LogP contribution is 2.26. The molecule has 1 atom stereocenters. The van der Waals surface area contributed by atoms with Gasteiger partial charge in [-0.3, -0.25) is 0 Å². The lowest BCUT2D eigenvalue weighted by Gasteiger charge is -2.15. The zero-order valence-corrected chi connectivity index (χ0v) is 11.1. The van der Waals surface area contributed by atoms with E-state index in [1.807, 2.05) is 39.0 Å². The lowest BCUT2D eigenvalue weighted by molar-refractivity contribution is 0.0543. The van der Waals surface area contributed by atoms with Crippen molar-refractivity contribution in [1.82, 2.24) is 0 Å². The van der Waals surface area contributed by atoms with Crippen LogP contribution in [0.15, 0.2) is 18.2 Å². The van der Waals surface area contributed by atoms with Crippen molar-refractivity contribution in [3.8, 4) is 5.75 Å². The van der Waals surface area contributed by atoms with Gasteiger partial charge in [0, 0.05) is 5.56 Å². The van der Waals surface area contributed by atoms with Crippen LogP contribution >= 0.6 is 0 Å². The zero-order chi connectivity index (χ0) is 12.8. The summed E-state index contributed by atoms with van der Waals surface area (Å²) in [6, 6.07) is 5.82. The van der Waals surface area contributed by atoms with Crippen molar-refractivity contribution >= 4 is 0 Å². The van der Waals surface area contributed by atoms with Crippen LogP contribution in [0.1, 0.15) is 38.0 Å². The summed E-state index contributed by atoms with van der Waals surface area (Å²) in [5, 5.41) is 9.66. The Labute approximate surface area is 103 Å². The molecule has 0 aliphatic heterocycles. The molecule has 17 heavy (non-hydrogen) atoms. The summed E-state index contributed by atoms with van der Waals surface area (Å²) in [6.45, 7) is 8.79. The van der Waals surface area contributed by atoms with E-state index in [2.05, 4.69) is 0 Å². The minimum atomic E-state index is -0.518. The summed E-state index contributed by atoms with van der Waals surface area (Å²) >= 11 is 0. The molecule has 1 aromatic rings. The number of aliphatic hydroxyl groups is 1. The van der Waals surface area contributed by atoms with Gasteiger partial charge in [0.2, 0.25) is 0 Å². The highest BCUT2D eigenvalue weighted by molar-refractivity contribution is 5.38. The van der Waals surface area contributed by atoms with Crippen molar-refractivity contribution in [2.24, 2.45) is 0 Å². The van der Waals surface area contributed by atoms with Crippen LogP contribution in [0.25, 0.3) is 0 Å². The number of aryl methyl sites for hydroxylation is 1. The predicted molar refractivity (Wildman–Crippen MR) is 68.4 cm³/mol. The first kappa shape index (κ1) is 14.0. The molecule has 0 aromatic heterocycles. The maximum Gasteiger partial charge on any atom is 0.125 e. The molecular formula is C14H22O3. The van der Waals surface area contributed by atoms with Crippen LogP contribution in [0.5, 0.6) is 5.75 Å². The molecule has 0 fully saturated rings. The van der Waals surface area contributed by atoms with Gasteiger partial charge in [0.1, 0.15) is 12.4 Å². The Morgan fingerprint density at radius 3 is 2.47 bits per heavy atom. The highest BCUT2D eigenvalue weighted by Gasteiger charge is 2.09. The van der Waals surface area contributed by atoms with Crippen LogP contribution in [0.3, 0.4) is 0 Å². The second kappa shape index (κ2) is 6.62. The summed E-state index contributed by atoms with van der Waals surface area (Å²) in [5.41, 5.74) is 1.95. The average molecular weight is 238 g/mol. The van der Waals surface area contributed by atoms with E-state index in [0.717, 1.165) is 16.9 Å². The molecule has 0 aliphatic rings. The summed E-state index contributed by atoms with van der Waals surface area (Å²) in [6.07, 6.45) is -0.302. The van der Waals surface area contributed by atoms with Crippen LogP contribution in [0, 0.1) is 6.92 Å². The van der Waals surface area contributed by atoms with E-state index in [9.17, 15) is 5.11 Å². The first-order chi connectivity index (χ1) is 8.00. The van der Waals surface area contributed by atoms with Gasteiger partial charge in [-0.1, -0.05) is 11.6 Å². The third kappa shape index (κ3) is 4.75. The monoisotopic (exact) mass is 238 g/mol. The van der Waals surface area contributed by atoms with Crippen molar-refractivity contribution < 1.29 is 14.6 Å². The lowest BCUT2D eigenvalue weighted by atomic mass is 10.1. The van der Waals surface area contributed by atoms with Gasteiger partial charge in [0.05, 0.1) is 18.8 Å². The van der Waals surface area contributed by atoms with Gasteiger partial charge in [-0.2, -0.15) is 0 Å². The molecule has 3 heteroatoms. The van der Waals surface area contributed by atoms with E-state index < -0.39 is 6.10 Å². The van der Waals surface area contributed by atoms with Crippen molar-refractivity contribution in [1.29, 1.82) is 0 Å². The van der Waals surface area contributed by atoms with Crippen LogP contribution in [0.2, 0.25) is 0 Å². The Morgan fingerprint density at radius 2 is 1.88 bits per heavy atom. The molecule has 1 aromatic carbocycles. The van der Waals surface area contributed by atoms with Crippen molar-refractivity contribution in [3.05, 3.63) is 29.3 Å². The number of aliphatic hydroxyl groups excluding tert-OH is 1. The van der Waals surface area contributed by atoms with Crippen LogP contribution in [-0.4, -0.2) is 24.4 Å². The Balaban J connectivity index is 2.58. The molecule has 0 saturated heterocycles. The minimum absolute atomic E-state index is 0.216. The minimum Gasteiger partial charge on any atom is -0.491 e. The largest absolute Gasteiger partial charge is 0.491 e. The standard InChI is InChI=1S/C14H22O3/c1-10(2)16-7-8-17-14-6-5-11(3)9-13(14)12(4)15/h5-6,9-10,12,15H,7-8H2,1-4H3/t12-/m1/s1. The Hall–Kier alpha value is -1.06. The molecule has 0 radical (unpaired) electrons. The molecule has 0 heterocycles. The van der Waals surface area contributed by atoms with Gasteiger partial charge >= 0.3 is 0 Å². The van der Waals surface area contributed by atoms with Crippen molar-refractivity contribution in [2.45, 2.75) is 39.9 Å². The van der Waals surface area contributed by atoms with Crippen molar-refractivity contribution in [2.75, 3.05) is 13.2 Å². The molecule has 1 rings (SSSR count). The highest BCUT2D eigenvalue weighted by atomic mass is 16.5. The molecule has 96 valence electrons. The summed E-state index contributed by atoms with van der Waals surface area (Å²) in [5.74, 6) is 0.734. The smallest absolute Gasteiger partial charge is 0.125 e. The molecule has 1 N–H and O–H groups in total. The maximum absolute atomic E-state index is 9.66. The molecule has 0 saturated carbocycles. The molecule has 0 bridgehead atoms. The van der Waals surface area contributed by atoms with Gasteiger partial charge in [-0.05, 0) is 39.8 Å². The van der Waals surface area contributed by atoms with E-state index in [0.29, 0.717) is 13.2 Å². The summed E-state index contributed by atoms with van der Waals surface area (Å²) in [7, 11) is 0. The second-order valence-electron chi connectivity index (χ2n) is 4.49. The van der Waals surface area contributed by atoms with E-state index in [1.54, 1.807) is 6.92 Å². The van der Waals surface area contributed by atoms with E-state index in [1.165, 1.54) is 0 Å². The fourth-order valence-electron chi connectivity index (χ4n) is 1.56. The molecule has 0 aliphatic carbocycles. The number of rotatable bonds is 6. The van der Waals surface area contributed by atoms with Crippen LogP contribution < -0.4 is 4.74 Å². The van der Waals surface area contributed by atoms with Crippen LogP contribution in [0.4, 0.5) is 0 Å². The molecule has 0 amide bonds. The predicted octanol–water partition coefficient (Wildman–Crippen LogP) is 2.85. The normalized spacial score (nSPS) is 12.8. The zero-order valence-electron chi connectivity index (χ0n) is 11.1. The lowest BCUT2D eigenvalue weighted by Crippen LogP contribution is -2.12.